The first-order valence-corrected chi connectivity index (χ1v) is 34.9. The molecule has 4 heterocycles. The van der Waals surface area contributed by atoms with E-state index in [1.54, 1.807) is 0 Å². The first-order valence-electron chi connectivity index (χ1n) is 34.9. The molecule has 4 aromatic heterocycles. The molecular weight excluding hydrogens is 1130 g/mol. The molecule has 93 heavy (non-hydrogen) atoms. The Bertz CT molecular complexity index is 4300. The molecule has 9 aromatic carbocycles. The van der Waals surface area contributed by atoms with Crippen LogP contribution in [0.4, 0.5) is 0 Å². The maximum Gasteiger partial charge on any atom is 0.164 e. The highest BCUT2D eigenvalue weighted by Crippen LogP contribution is 2.37. The number of nitrogens with zero attached hydrogens (tertiary/aromatic N) is 6. The third kappa shape index (κ3) is 13.7. The molecule has 0 amide bonds. The van der Waals surface area contributed by atoms with Crippen LogP contribution >= 0.6 is 0 Å². The molecule has 0 saturated carbocycles. The van der Waals surface area contributed by atoms with Gasteiger partial charge in [-0.2, -0.15) is 0 Å². The zero-order valence-corrected chi connectivity index (χ0v) is 55.5. The Kier molecular flexibility index (Phi) is 19.5. The number of para-hydroxylation sites is 3. The van der Waals surface area contributed by atoms with Gasteiger partial charge >= 0.3 is 0 Å². The third-order valence-corrected chi connectivity index (χ3v) is 19.9. The Balaban J connectivity index is 0.781. The minimum atomic E-state index is 0.631. The average molecular weight is 1220 g/mol. The highest BCUT2D eigenvalue weighted by atomic mass is 15.0. The number of hydrogen-bond donors (Lipinski definition) is 0. The van der Waals surface area contributed by atoms with Crippen molar-refractivity contribution >= 4 is 102 Å². The van der Waals surface area contributed by atoms with Crippen LogP contribution in [0.3, 0.4) is 0 Å². The van der Waals surface area contributed by atoms with Gasteiger partial charge in [-0.25, -0.2) is 15.0 Å². The Labute approximate surface area is 551 Å². The van der Waals surface area contributed by atoms with Crippen LogP contribution in [0, 0.1) is 17.8 Å². The first kappa shape index (κ1) is 62.4. The van der Waals surface area contributed by atoms with Crippen molar-refractivity contribution in [2.45, 2.75) is 138 Å². The van der Waals surface area contributed by atoms with Gasteiger partial charge < -0.3 is 13.7 Å². The van der Waals surface area contributed by atoms with E-state index in [4.69, 9.17) is 15.0 Å². The number of aromatic nitrogens is 6. The van der Waals surface area contributed by atoms with Crippen molar-refractivity contribution in [2.24, 2.45) is 17.8 Å². The fourth-order valence-electron chi connectivity index (χ4n) is 14.2. The predicted molar refractivity (Wildman–Crippen MR) is 401 cm³/mol. The average Bonchev–Trinajstić information content (AvgIpc) is 1.67. The summed E-state index contributed by atoms with van der Waals surface area (Å²) < 4.78 is 7.70. The molecule has 3 atom stereocenters. The molecule has 468 valence electrons. The summed E-state index contributed by atoms with van der Waals surface area (Å²) in [5, 5.41) is 7.89. The Hall–Kier alpha value is -9.39. The molecule has 6 nitrogen and oxygen atoms in total. The number of fused-ring (bicyclic) bond motifs is 9. The minimum absolute atomic E-state index is 0.631. The van der Waals surface area contributed by atoms with Crippen molar-refractivity contribution in [1.82, 2.24) is 28.7 Å². The van der Waals surface area contributed by atoms with Crippen molar-refractivity contribution in [3.63, 3.8) is 0 Å². The summed E-state index contributed by atoms with van der Waals surface area (Å²) in [5.41, 5.74) is 17.6. The quantitative estimate of drug-likeness (QED) is 0.0482. The van der Waals surface area contributed by atoms with E-state index in [0.29, 0.717) is 35.2 Å². The van der Waals surface area contributed by atoms with Crippen molar-refractivity contribution in [3.05, 3.63) is 234 Å². The lowest BCUT2D eigenvalue weighted by molar-refractivity contribution is 0.401. The van der Waals surface area contributed by atoms with E-state index in [1.807, 2.05) is 0 Å². The molecule has 0 saturated heterocycles. The van der Waals surface area contributed by atoms with Crippen molar-refractivity contribution in [2.75, 3.05) is 0 Å². The van der Waals surface area contributed by atoms with E-state index in [1.165, 1.54) is 159 Å². The molecule has 6 heteroatoms. The second-order valence-electron chi connectivity index (χ2n) is 26.1. The standard InChI is InChI=1S/C87H90N6/c1-7-13-22-61(10-4)58-91-79-28-19-16-25-73(79)76-55-67(43-52-82(76)91)34-31-64-37-46-70(47-38-64)85-88-86(71-48-39-65(40-49-71)32-35-68-44-53-83-77(56-68)74-26-17-20-29-80(74)92(83)59-62(11-5)23-14-8-2)90-87(89-85)72-50-41-66(42-51-72)33-36-69-45-54-84-78(57-69)75-27-18-21-30-81(75)93(84)60-63(12-6)24-15-9-3/h16-21,25-57,61-63H,7-15,22-24,58-60H2,1-6H3/b34-31+,35-32+,36-33+. The van der Waals surface area contributed by atoms with Crippen LogP contribution in [0.15, 0.2) is 200 Å². The Morgan fingerprint density at radius 3 is 0.796 bits per heavy atom. The number of unbranched alkanes of at least 4 members (excludes halogenated alkanes) is 3. The van der Waals surface area contributed by atoms with Gasteiger partial charge in [-0.1, -0.05) is 281 Å². The first-order chi connectivity index (χ1) is 45.8. The van der Waals surface area contributed by atoms with Crippen molar-refractivity contribution in [3.8, 4) is 34.2 Å². The molecule has 0 radical (unpaired) electrons. The van der Waals surface area contributed by atoms with Gasteiger partial charge in [-0.15, -0.1) is 0 Å². The molecule has 0 spiro atoms. The Morgan fingerprint density at radius 2 is 0.527 bits per heavy atom. The molecule has 0 bridgehead atoms. The zero-order chi connectivity index (χ0) is 63.6. The number of hydrogen-bond acceptors (Lipinski definition) is 3. The van der Waals surface area contributed by atoms with E-state index in [-0.39, 0.29) is 0 Å². The van der Waals surface area contributed by atoms with Gasteiger partial charge in [-0.3, -0.25) is 0 Å². The van der Waals surface area contributed by atoms with Crippen LogP contribution in [0.1, 0.15) is 152 Å². The van der Waals surface area contributed by atoms with Crippen molar-refractivity contribution in [1.29, 1.82) is 0 Å². The number of benzene rings is 9. The lowest BCUT2D eigenvalue weighted by Crippen LogP contribution is -2.10. The van der Waals surface area contributed by atoms with Gasteiger partial charge in [0.1, 0.15) is 0 Å². The van der Waals surface area contributed by atoms with Gasteiger partial charge in [0.15, 0.2) is 17.5 Å². The lowest BCUT2D eigenvalue weighted by atomic mass is 9.99. The second kappa shape index (κ2) is 29.1. The van der Waals surface area contributed by atoms with E-state index in [2.05, 4.69) is 292 Å². The normalized spacial score (nSPS) is 13.2. The largest absolute Gasteiger partial charge is 0.340 e. The third-order valence-electron chi connectivity index (χ3n) is 19.9. The molecule has 0 aliphatic carbocycles. The predicted octanol–water partition coefficient (Wildman–Crippen LogP) is 24.4. The highest BCUT2D eigenvalue weighted by Gasteiger charge is 2.19. The SMILES string of the molecule is CCCCC(CC)Cn1c2ccccc2c2cc(/C=C/c3ccc(-c4nc(-c5ccc(/C=C/c6ccc7c(c6)c6ccccc6n7CC(CC)CCCC)cc5)nc(-c5ccc(/C=C/c6ccc7c(c6)c6ccccc6n7CC(CC)CCCC)cc5)n4)cc3)ccc21. The summed E-state index contributed by atoms with van der Waals surface area (Å²) in [7, 11) is 0. The molecule has 0 aliphatic heterocycles. The molecule has 0 aliphatic rings. The lowest BCUT2D eigenvalue weighted by Gasteiger charge is -2.17. The van der Waals surface area contributed by atoms with Gasteiger partial charge in [0.2, 0.25) is 0 Å². The van der Waals surface area contributed by atoms with Gasteiger partial charge in [0, 0.05) is 102 Å². The summed E-state index contributed by atoms with van der Waals surface area (Å²) in [6, 6.07) is 73.5. The maximum absolute atomic E-state index is 5.21. The van der Waals surface area contributed by atoms with E-state index in [9.17, 15) is 0 Å². The van der Waals surface area contributed by atoms with Gasteiger partial charge in [0.05, 0.1) is 0 Å². The van der Waals surface area contributed by atoms with Gasteiger partial charge in [0.25, 0.3) is 0 Å². The zero-order valence-electron chi connectivity index (χ0n) is 55.5. The highest BCUT2D eigenvalue weighted by molar-refractivity contribution is 6.11. The molecule has 0 fully saturated rings. The van der Waals surface area contributed by atoms with E-state index >= 15 is 0 Å². The summed E-state index contributed by atoms with van der Waals surface area (Å²) in [4.78, 5) is 15.6. The number of rotatable bonds is 27. The van der Waals surface area contributed by atoms with Crippen LogP contribution in [0.25, 0.3) is 136 Å². The van der Waals surface area contributed by atoms with E-state index < -0.39 is 0 Å². The summed E-state index contributed by atoms with van der Waals surface area (Å²) in [5.74, 6) is 3.90. The fourth-order valence-corrected chi connectivity index (χ4v) is 14.2. The molecular formula is C87H90N6. The smallest absolute Gasteiger partial charge is 0.164 e. The summed E-state index contributed by atoms with van der Waals surface area (Å²) in [6.07, 6.45) is 28.3. The fraction of sp³-hybridized carbons (Fsp3) is 0.276. The van der Waals surface area contributed by atoms with Crippen molar-refractivity contribution < 1.29 is 0 Å². The molecule has 13 aromatic rings. The second-order valence-corrected chi connectivity index (χ2v) is 26.1. The maximum atomic E-state index is 5.21. The van der Waals surface area contributed by atoms with Crippen LogP contribution in [-0.4, -0.2) is 28.7 Å². The van der Waals surface area contributed by atoms with Crippen LogP contribution in [0.5, 0.6) is 0 Å². The summed E-state index contributed by atoms with van der Waals surface area (Å²) >= 11 is 0. The molecule has 3 unspecified atom stereocenters. The Morgan fingerprint density at radius 1 is 0.280 bits per heavy atom. The monoisotopic (exact) mass is 1220 g/mol. The van der Waals surface area contributed by atoms with Gasteiger partial charge in [-0.05, 0) is 125 Å². The summed E-state index contributed by atoms with van der Waals surface area (Å²) in [6.45, 7) is 17.1. The van der Waals surface area contributed by atoms with Crippen LogP contribution < -0.4 is 0 Å². The van der Waals surface area contributed by atoms with E-state index in [0.717, 1.165) is 53.0 Å². The van der Waals surface area contributed by atoms with Crippen LogP contribution in [-0.2, 0) is 19.6 Å². The molecule has 13 rings (SSSR count). The van der Waals surface area contributed by atoms with Crippen LogP contribution in [0.2, 0.25) is 0 Å². The molecule has 0 N–H and O–H groups in total. The topological polar surface area (TPSA) is 53.5 Å². The minimum Gasteiger partial charge on any atom is -0.340 e.